The topological polar surface area (TPSA) is 628 Å². The van der Waals surface area contributed by atoms with Gasteiger partial charge in [0.25, 0.3) is 5.91 Å². The van der Waals surface area contributed by atoms with Crippen molar-refractivity contribution in [1.82, 2.24) is 16.0 Å². The van der Waals surface area contributed by atoms with Gasteiger partial charge in [-0.2, -0.15) is 0 Å². The molecule has 21 N–H and O–H groups in total. The number of ether oxygens (including phenoxy) is 11. The number of rotatable bonds is 35. The Labute approximate surface area is 633 Å². The molecule has 7 aliphatic rings. The molecule has 2 aliphatic carbocycles. The van der Waals surface area contributed by atoms with Gasteiger partial charge in [-0.05, 0) is 82.0 Å². The molecular weight excluding hydrogens is 1490 g/mol. The molecule has 28 atom stereocenters. The van der Waals surface area contributed by atoms with E-state index < -0.39 is 246 Å². The van der Waals surface area contributed by atoms with Crippen LogP contribution >= 0.6 is 7.82 Å². The second-order valence-corrected chi connectivity index (χ2v) is 31.5. The maximum Gasteiger partial charge on any atom is 0.474 e. The summed E-state index contributed by atoms with van der Waals surface area (Å²) in [6.45, 7) is 17.0. The summed E-state index contributed by atoms with van der Waals surface area (Å²) in [6, 6.07) is -4.16. The van der Waals surface area contributed by atoms with Crippen molar-refractivity contribution in [2.24, 2.45) is 28.2 Å². The monoisotopic (exact) mass is 1600 g/mol. The van der Waals surface area contributed by atoms with E-state index in [0.717, 1.165) is 64.9 Å². The number of phosphoric ester groups is 1. The smallest absolute Gasteiger partial charge is 0.474 e. The first-order valence-corrected chi connectivity index (χ1v) is 37.3. The van der Waals surface area contributed by atoms with E-state index in [4.69, 9.17) is 72.6 Å². The largest absolute Gasteiger partial charge is 0.510 e. The van der Waals surface area contributed by atoms with Gasteiger partial charge < -0.3 is 151 Å². The zero-order valence-electron chi connectivity index (χ0n) is 62.2. The quantitative estimate of drug-likeness (QED) is 0.0218. The zero-order chi connectivity index (χ0) is 82.0. The number of primary amides is 2. The van der Waals surface area contributed by atoms with E-state index in [0.29, 0.717) is 18.8 Å². The Bertz CT molecular complexity index is 3390. The highest BCUT2D eigenvalue weighted by Gasteiger charge is 2.63. The van der Waals surface area contributed by atoms with Crippen molar-refractivity contribution in [3.63, 3.8) is 0 Å². The molecule has 5 heterocycles. The summed E-state index contributed by atoms with van der Waals surface area (Å²) in [6.07, 6.45) is -40.2. The molecule has 6 fully saturated rings. The minimum absolute atomic E-state index is 0.151. The van der Waals surface area contributed by atoms with E-state index in [-0.39, 0.29) is 30.3 Å². The Kier molecular flexibility index (Phi) is 32.3. The Morgan fingerprint density at radius 2 is 1.31 bits per heavy atom. The van der Waals surface area contributed by atoms with E-state index >= 15 is 0 Å². The van der Waals surface area contributed by atoms with E-state index in [1.54, 1.807) is 13.0 Å². The number of Topliss-reactive ketones (excluding diaryl/α,β-unsaturated/α-hetero) is 1. The number of amides is 5. The Hall–Kier alpha value is -5.94. The van der Waals surface area contributed by atoms with Crippen LogP contribution in [0, 0.1) is 16.7 Å². The number of aliphatic hydroxyl groups excluding tert-OH is 11. The number of ketones is 1. The molecule has 1 unspecified atom stereocenters. The van der Waals surface area contributed by atoms with Gasteiger partial charge in [0.1, 0.15) is 108 Å². The molecule has 5 aliphatic heterocycles. The number of nitrogens with one attached hydrogen (secondary N) is 3. The van der Waals surface area contributed by atoms with Crippen LogP contribution in [-0.2, 0) is 94.5 Å². The van der Waals surface area contributed by atoms with Crippen molar-refractivity contribution in [3.8, 4) is 0 Å². The van der Waals surface area contributed by atoms with Crippen LogP contribution < -0.4 is 27.4 Å². The van der Waals surface area contributed by atoms with Crippen LogP contribution in [0.2, 0.25) is 0 Å². The van der Waals surface area contributed by atoms with Crippen LogP contribution in [0.1, 0.15) is 120 Å². The summed E-state index contributed by atoms with van der Waals surface area (Å²) in [7, 11) is -5.87. The van der Waals surface area contributed by atoms with E-state index in [1.807, 2.05) is 6.08 Å². The van der Waals surface area contributed by atoms with Crippen LogP contribution in [0.5, 0.6) is 0 Å². The Morgan fingerprint density at radius 3 is 1.87 bits per heavy atom. The van der Waals surface area contributed by atoms with Gasteiger partial charge in [0.05, 0.1) is 33.0 Å². The molecule has 0 aromatic heterocycles. The Balaban J connectivity index is 1.13. The number of aliphatic carboxylic acids is 1. The van der Waals surface area contributed by atoms with Crippen LogP contribution in [-0.4, -0.2) is 305 Å². The highest BCUT2D eigenvalue weighted by Crippen LogP contribution is 2.50. The van der Waals surface area contributed by atoms with Gasteiger partial charge in [-0.15, -0.1) is 0 Å². The van der Waals surface area contributed by atoms with Crippen LogP contribution in [0.25, 0.3) is 0 Å². The molecule has 5 saturated heterocycles. The minimum Gasteiger partial charge on any atom is -0.510 e. The second kappa shape index (κ2) is 38.9. The fourth-order valence-electron chi connectivity index (χ4n) is 14.0. The number of carbonyl (C=O) groups excluding carboxylic acids is 6. The van der Waals surface area contributed by atoms with Gasteiger partial charge in [-0.3, -0.25) is 33.0 Å². The maximum absolute atomic E-state index is 14.1. The predicted molar refractivity (Wildman–Crippen MR) is 371 cm³/mol. The van der Waals surface area contributed by atoms with Gasteiger partial charge in [0.15, 0.2) is 67.8 Å². The van der Waals surface area contributed by atoms with Crippen molar-refractivity contribution in [1.29, 1.82) is 0 Å². The van der Waals surface area contributed by atoms with Gasteiger partial charge in [0, 0.05) is 26.7 Å². The number of nitrogens with two attached hydrogens (primary N) is 2. The molecule has 5 amide bonds. The van der Waals surface area contributed by atoms with Crippen molar-refractivity contribution < 1.29 is 171 Å². The third-order valence-electron chi connectivity index (χ3n) is 20.4. The molecule has 1 saturated carbocycles. The number of carboxylic acids is 1. The first kappa shape index (κ1) is 91.2. The lowest BCUT2D eigenvalue weighted by molar-refractivity contribution is -0.376. The minimum atomic E-state index is -5.87. The fourth-order valence-corrected chi connectivity index (χ4v) is 14.9. The number of carboxylic acid groups (broad SMARTS) is 1. The second-order valence-electron chi connectivity index (χ2n) is 30.1. The average Bonchev–Trinajstić information content (AvgIpc) is 0.908. The summed E-state index contributed by atoms with van der Waals surface area (Å²) in [5.74, 6) is -7.48. The molecular formula is C69H108N5O35P. The standard InChI is InChI=1S/C69H108N5O35P/c1-29(14-11-12-20-67(6,7)22-18-30(2)24-34-31(3)15-13-21-68(34,8)9)19-23-97-40(60(91)92)28-99-110(95,96)109-65-55(56(108-66(71)93)69(10,94)57(107-65)58(70)89)106-62-43(73-33(5)78)46(83)53(39(102-62)27-98-63-50(87)47(84)44(81)37(25-75)100-63)103-61-42(72-32(4)77)45(82)52(38(26-76)101-61)104-64-51(88)48(85)49(86)54(105-64)59(90)74-41-35(79)16-17-36(41)80/h12,19-20,34,37-40,42-57,61-65,75-76,79,81-88,94H,2-3,11,13-18,21-28H2,1,4-10H3,(H2,70,89)(H2,71,93)(H,72,77)(H,73,78)(H,74,90)(H,91,92)(H,95,96)/b20-12+,29-19-/t34-,37-,38-,39-,40-,42-,43-,44-,45-,46-,47+,48-,49+,50-,51+,52-,53-,54-,55-,56-,57-,61+,62+,63-,64+,65-,69+/m1/s1. The van der Waals surface area contributed by atoms with Crippen LogP contribution in [0.3, 0.4) is 0 Å². The first-order valence-electron chi connectivity index (χ1n) is 35.8. The number of aliphatic hydroxyl groups is 12. The van der Waals surface area contributed by atoms with Crippen molar-refractivity contribution in [3.05, 3.63) is 59.6 Å². The SMILES string of the molecule is C=C(CCC(C)(C)/C=C/CC/C(C)=C\CO[C@H](COP(=O)(O)O[C@H]1O[C@H](C(N)=O)[C@@](C)(O)[C@H](OC(N)=O)[C@H]1O[C@@H]1O[C@H](CO[C@@H]2O[C@H](CO)[C@@H](O)[C@H](O)[C@H]2O)[C@@H](O[C@@H]2O[C@H](CO)[C@@H](O[C@H]3O[C@@H](C(=O)NC4=C(O)CCC4=O)[C@@H](O)[C@@H](O)[C@@H]3O)[C@H](O)[C@H]2NC(C)=O)[C@H](O)[C@H]1NC(C)=O)C(=O)O)C[C@@H]1C(=C)CCCC1(C)C. The van der Waals surface area contributed by atoms with E-state index in [1.165, 1.54) is 11.1 Å². The van der Waals surface area contributed by atoms with Gasteiger partial charge >= 0.3 is 19.9 Å². The number of hydrogen-bond donors (Lipinski definition) is 19. The Morgan fingerprint density at radius 1 is 0.736 bits per heavy atom. The predicted octanol–water partition coefficient (Wildman–Crippen LogP) is -3.37. The maximum atomic E-state index is 14.1. The zero-order valence-corrected chi connectivity index (χ0v) is 63.1. The highest BCUT2D eigenvalue weighted by molar-refractivity contribution is 7.47. The molecule has 0 aromatic carbocycles. The first-order chi connectivity index (χ1) is 51.3. The lowest BCUT2D eigenvalue weighted by Gasteiger charge is -2.52. The lowest BCUT2D eigenvalue weighted by atomic mass is 9.64. The lowest BCUT2D eigenvalue weighted by Crippen LogP contribution is -2.72. The molecule has 40 nitrogen and oxygen atoms in total. The molecule has 0 bridgehead atoms. The molecule has 624 valence electrons. The normalized spacial score (nSPS) is 37.3. The fraction of sp³-hybridized carbons (Fsp3) is 0.754. The highest BCUT2D eigenvalue weighted by atomic mass is 31.2. The van der Waals surface area contributed by atoms with Gasteiger partial charge in [-0.1, -0.05) is 75.8 Å². The van der Waals surface area contributed by atoms with E-state index in [9.17, 15) is 109 Å². The summed E-state index contributed by atoms with van der Waals surface area (Å²) >= 11 is 0. The van der Waals surface area contributed by atoms with Gasteiger partial charge in [0.2, 0.25) is 17.7 Å². The number of phosphoric acid groups is 1. The van der Waals surface area contributed by atoms with Crippen LogP contribution in [0.4, 0.5) is 4.79 Å². The summed E-state index contributed by atoms with van der Waals surface area (Å²) in [5, 5.41) is 150. The van der Waals surface area contributed by atoms with Crippen LogP contribution in [0.15, 0.2) is 59.6 Å². The summed E-state index contributed by atoms with van der Waals surface area (Å²) in [4.78, 5) is 102. The van der Waals surface area contributed by atoms with Crippen molar-refractivity contribution >= 4 is 49.3 Å². The average molecular weight is 1600 g/mol. The molecule has 7 rings (SSSR count). The van der Waals surface area contributed by atoms with E-state index in [2.05, 4.69) is 62.9 Å². The molecule has 41 heteroatoms. The number of hydrogen-bond acceptors (Lipinski definition) is 33. The molecule has 0 spiro atoms. The summed E-state index contributed by atoms with van der Waals surface area (Å²) < 4.78 is 88.6. The molecule has 110 heavy (non-hydrogen) atoms. The third kappa shape index (κ3) is 23.2. The summed E-state index contributed by atoms with van der Waals surface area (Å²) in [5.41, 5.74) is 10.8. The third-order valence-corrected chi connectivity index (χ3v) is 21.3. The van der Waals surface area contributed by atoms with Crippen molar-refractivity contribution in [2.75, 3.05) is 33.0 Å². The molecule has 0 radical (unpaired) electrons. The van der Waals surface area contributed by atoms with Gasteiger partial charge in [-0.25, -0.2) is 14.2 Å². The number of allylic oxidation sites excluding steroid dienone is 7. The van der Waals surface area contributed by atoms with Crippen molar-refractivity contribution in [2.45, 2.75) is 279 Å². The number of carbonyl (C=O) groups is 7. The molecule has 0 aromatic rings.